The Labute approximate surface area is 199 Å². The van der Waals surface area contributed by atoms with E-state index in [1.807, 2.05) is 72.1 Å². The average Bonchev–Trinajstić information content (AvgIpc) is 3.54. The van der Waals surface area contributed by atoms with Crippen LogP contribution in [-0.4, -0.2) is 29.9 Å². The van der Waals surface area contributed by atoms with Gasteiger partial charge in [0.05, 0.1) is 20.1 Å². The van der Waals surface area contributed by atoms with E-state index >= 15 is 0 Å². The summed E-state index contributed by atoms with van der Waals surface area (Å²) in [4.78, 5) is 30.0. The van der Waals surface area contributed by atoms with E-state index in [1.54, 1.807) is 23.3 Å². The van der Waals surface area contributed by atoms with E-state index in [1.165, 1.54) is 0 Å². The number of carbonyl (C=O) groups is 2. The van der Waals surface area contributed by atoms with Gasteiger partial charge in [0.25, 0.3) is 0 Å². The molecule has 1 heterocycles. The second kappa shape index (κ2) is 11.1. The second-order valence-corrected chi connectivity index (χ2v) is 9.43. The Hall–Kier alpha value is -3.12. The Bertz CT molecular complexity index is 1050. The number of para-hydroxylation sites is 1. The summed E-state index contributed by atoms with van der Waals surface area (Å²) in [5, 5.41) is 5.19. The van der Waals surface area contributed by atoms with Crippen LogP contribution in [0.4, 0.5) is 0 Å². The maximum atomic E-state index is 13.7. The number of thiophene rings is 1. The number of ether oxygens (including phenoxy) is 1. The molecule has 6 heteroatoms. The highest BCUT2D eigenvalue weighted by molar-refractivity contribution is 7.10. The SMILES string of the molecule is COc1ccccc1CN(C(=O)Cc1cccs1)[C@H](C(=O)NC1CCCC1)c1ccccc1. The Morgan fingerprint density at radius 3 is 2.45 bits per heavy atom. The summed E-state index contributed by atoms with van der Waals surface area (Å²) in [5.74, 6) is 0.496. The highest BCUT2D eigenvalue weighted by Crippen LogP contribution is 2.29. The summed E-state index contributed by atoms with van der Waals surface area (Å²) < 4.78 is 5.55. The fourth-order valence-electron chi connectivity index (χ4n) is 4.46. The van der Waals surface area contributed by atoms with Gasteiger partial charge < -0.3 is 15.0 Å². The normalized spacial score (nSPS) is 14.6. The van der Waals surface area contributed by atoms with Crippen molar-refractivity contribution in [2.75, 3.05) is 7.11 Å². The molecule has 1 fully saturated rings. The van der Waals surface area contributed by atoms with Crippen LogP contribution in [0.3, 0.4) is 0 Å². The fraction of sp³-hybridized carbons (Fsp3) is 0.333. The number of methoxy groups -OCH3 is 1. The minimum absolute atomic E-state index is 0.0845. The lowest BCUT2D eigenvalue weighted by atomic mass is 10.0. The molecule has 2 aromatic carbocycles. The van der Waals surface area contributed by atoms with Crippen LogP contribution in [0.25, 0.3) is 0 Å². The number of hydrogen-bond acceptors (Lipinski definition) is 4. The first kappa shape index (κ1) is 23.1. The Morgan fingerprint density at radius 1 is 1.03 bits per heavy atom. The van der Waals surface area contributed by atoms with E-state index < -0.39 is 6.04 Å². The van der Waals surface area contributed by atoms with Gasteiger partial charge in [-0.15, -0.1) is 11.3 Å². The third-order valence-corrected chi connectivity index (χ3v) is 7.01. The number of amides is 2. The summed E-state index contributed by atoms with van der Waals surface area (Å²) in [6.45, 7) is 0.284. The van der Waals surface area contributed by atoms with Gasteiger partial charge in [0, 0.05) is 16.5 Å². The van der Waals surface area contributed by atoms with Crippen LogP contribution < -0.4 is 10.1 Å². The first-order chi connectivity index (χ1) is 16.2. The molecule has 0 bridgehead atoms. The van der Waals surface area contributed by atoms with Crippen LogP contribution in [0.15, 0.2) is 72.1 Å². The van der Waals surface area contributed by atoms with Crippen molar-refractivity contribution in [3.05, 3.63) is 88.1 Å². The van der Waals surface area contributed by atoms with Crippen molar-refractivity contribution in [1.82, 2.24) is 10.2 Å². The number of nitrogens with one attached hydrogen (secondary N) is 1. The Morgan fingerprint density at radius 2 is 1.76 bits per heavy atom. The zero-order valence-corrected chi connectivity index (χ0v) is 19.7. The quantitative estimate of drug-likeness (QED) is 0.480. The molecule has 2 amide bonds. The summed E-state index contributed by atoms with van der Waals surface area (Å²) in [7, 11) is 1.62. The molecule has 1 saturated carbocycles. The van der Waals surface area contributed by atoms with Crippen LogP contribution in [0.2, 0.25) is 0 Å². The molecule has 1 aliphatic carbocycles. The third kappa shape index (κ3) is 5.82. The number of benzene rings is 2. The smallest absolute Gasteiger partial charge is 0.247 e. The lowest BCUT2D eigenvalue weighted by Crippen LogP contribution is -2.46. The summed E-state index contributed by atoms with van der Waals surface area (Å²) in [6.07, 6.45) is 4.49. The van der Waals surface area contributed by atoms with Gasteiger partial charge in [-0.1, -0.05) is 67.4 Å². The van der Waals surface area contributed by atoms with E-state index in [9.17, 15) is 9.59 Å². The molecule has 4 rings (SSSR count). The maximum Gasteiger partial charge on any atom is 0.247 e. The molecule has 1 N–H and O–H groups in total. The average molecular weight is 463 g/mol. The summed E-state index contributed by atoms with van der Waals surface area (Å²) in [5.41, 5.74) is 1.68. The van der Waals surface area contributed by atoms with Gasteiger partial charge in [0.15, 0.2) is 0 Å². The molecule has 0 aliphatic heterocycles. The van der Waals surface area contributed by atoms with E-state index in [4.69, 9.17) is 4.74 Å². The van der Waals surface area contributed by atoms with Crippen LogP contribution in [0.5, 0.6) is 5.75 Å². The monoisotopic (exact) mass is 462 g/mol. The van der Waals surface area contributed by atoms with Crippen LogP contribution >= 0.6 is 11.3 Å². The molecule has 1 aliphatic rings. The minimum atomic E-state index is -0.718. The molecule has 172 valence electrons. The lowest BCUT2D eigenvalue weighted by Gasteiger charge is -2.32. The van der Waals surface area contributed by atoms with E-state index in [-0.39, 0.29) is 30.8 Å². The molecular weight excluding hydrogens is 432 g/mol. The second-order valence-electron chi connectivity index (χ2n) is 8.39. The zero-order valence-electron chi connectivity index (χ0n) is 18.9. The van der Waals surface area contributed by atoms with Gasteiger partial charge >= 0.3 is 0 Å². The van der Waals surface area contributed by atoms with Crippen LogP contribution in [0, 0.1) is 0 Å². The highest BCUT2D eigenvalue weighted by Gasteiger charge is 2.33. The standard InChI is InChI=1S/C27H30N2O3S/c1-32-24-16-8-5-12-21(24)19-29(25(30)18-23-15-9-17-33-23)26(20-10-3-2-4-11-20)27(31)28-22-13-6-7-14-22/h2-5,8-12,15-17,22,26H,6-7,13-14,18-19H2,1H3,(H,28,31)/t26-/m0/s1. The predicted molar refractivity (Wildman–Crippen MR) is 131 cm³/mol. The number of nitrogens with zero attached hydrogens (tertiary/aromatic N) is 1. The van der Waals surface area contributed by atoms with Crippen LogP contribution in [0.1, 0.15) is 47.7 Å². The van der Waals surface area contributed by atoms with Gasteiger partial charge in [0.2, 0.25) is 11.8 Å². The van der Waals surface area contributed by atoms with Crippen LogP contribution in [-0.2, 0) is 22.6 Å². The minimum Gasteiger partial charge on any atom is -0.496 e. The molecular formula is C27H30N2O3S. The number of rotatable bonds is 9. The molecule has 0 unspecified atom stereocenters. The maximum absolute atomic E-state index is 13.7. The Kier molecular flexibility index (Phi) is 7.79. The summed E-state index contributed by atoms with van der Waals surface area (Å²) in [6, 6.07) is 20.6. The van der Waals surface area contributed by atoms with Gasteiger partial charge in [-0.2, -0.15) is 0 Å². The molecule has 3 aromatic rings. The predicted octanol–water partition coefficient (Wildman–Crippen LogP) is 5.13. The van der Waals surface area contributed by atoms with Crippen molar-refractivity contribution >= 4 is 23.2 Å². The molecule has 1 aromatic heterocycles. The molecule has 33 heavy (non-hydrogen) atoms. The van der Waals surface area contributed by atoms with Crippen molar-refractivity contribution in [1.29, 1.82) is 0 Å². The Balaban J connectivity index is 1.70. The van der Waals surface area contributed by atoms with E-state index in [0.717, 1.165) is 41.7 Å². The van der Waals surface area contributed by atoms with Crippen molar-refractivity contribution in [3.8, 4) is 5.75 Å². The fourth-order valence-corrected chi connectivity index (χ4v) is 5.16. The first-order valence-corrected chi connectivity index (χ1v) is 12.3. The largest absolute Gasteiger partial charge is 0.496 e. The highest BCUT2D eigenvalue weighted by atomic mass is 32.1. The topological polar surface area (TPSA) is 58.6 Å². The molecule has 0 radical (unpaired) electrons. The van der Waals surface area contributed by atoms with Crippen molar-refractivity contribution < 1.29 is 14.3 Å². The molecule has 1 atom stereocenters. The molecule has 0 saturated heterocycles. The van der Waals surface area contributed by atoms with Gasteiger partial charge in [-0.3, -0.25) is 9.59 Å². The molecule has 5 nitrogen and oxygen atoms in total. The summed E-state index contributed by atoms with van der Waals surface area (Å²) >= 11 is 1.55. The van der Waals surface area contributed by atoms with E-state index in [2.05, 4.69) is 5.32 Å². The van der Waals surface area contributed by atoms with Gasteiger partial charge in [-0.25, -0.2) is 0 Å². The van der Waals surface area contributed by atoms with Crippen molar-refractivity contribution in [2.24, 2.45) is 0 Å². The number of carbonyl (C=O) groups excluding carboxylic acids is 2. The number of hydrogen-bond donors (Lipinski definition) is 1. The third-order valence-electron chi connectivity index (χ3n) is 6.14. The van der Waals surface area contributed by atoms with Crippen molar-refractivity contribution in [2.45, 2.75) is 50.7 Å². The zero-order chi connectivity index (χ0) is 23.0. The first-order valence-electron chi connectivity index (χ1n) is 11.4. The van der Waals surface area contributed by atoms with E-state index in [0.29, 0.717) is 5.75 Å². The van der Waals surface area contributed by atoms with Crippen molar-refractivity contribution in [3.63, 3.8) is 0 Å². The molecule has 0 spiro atoms. The lowest BCUT2D eigenvalue weighted by molar-refractivity contribution is -0.141. The van der Waals surface area contributed by atoms with Gasteiger partial charge in [0.1, 0.15) is 11.8 Å². The van der Waals surface area contributed by atoms with Gasteiger partial charge in [-0.05, 0) is 35.9 Å².